The lowest BCUT2D eigenvalue weighted by Gasteiger charge is -2.14. The Labute approximate surface area is 180 Å². The number of ether oxygens (including phenoxy) is 1. The van der Waals surface area contributed by atoms with E-state index in [1.165, 1.54) is 0 Å². The highest BCUT2D eigenvalue weighted by Gasteiger charge is 2.14. The van der Waals surface area contributed by atoms with Gasteiger partial charge in [-0.1, -0.05) is 30.3 Å². The Balaban J connectivity index is 1.65. The monoisotopic (exact) mass is 419 g/mol. The smallest absolute Gasteiger partial charge is 0.257 e. The topological polar surface area (TPSA) is 79.5 Å². The standard InChI is InChI=1S/C23H21N3O3S/c1-2-29-18-14-12-16(13-15-18)21(27)26-23(30)25-20-11-7-6-10-19(20)22(28)24-17-8-4-3-5-9-17/h3-15H,2H2,1H3,(H,24,28)(H2,25,26,27,30). The van der Waals surface area contributed by atoms with Gasteiger partial charge in [0, 0.05) is 11.3 Å². The van der Waals surface area contributed by atoms with Crippen LogP contribution in [0.3, 0.4) is 0 Å². The normalized spacial score (nSPS) is 10.0. The Morgan fingerprint density at radius 3 is 2.20 bits per heavy atom. The molecular weight excluding hydrogens is 398 g/mol. The lowest BCUT2D eigenvalue weighted by molar-refractivity contribution is 0.0976. The van der Waals surface area contributed by atoms with E-state index >= 15 is 0 Å². The van der Waals surface area contributed by atoms with E-state index in [0.29, 0.717) is 34.9 Å². The van der Waals surface area contributed by atoms with Crippen molar-refractivity contribution in [2.75, 3.05) is 17.2 Å². The van der Waals surface area contributed by atoms with Crippen molar-refractivity contribution in [3.8, 4) is 5.75 Å². The van der Waals surface area contributed by atoms with E-state index in [1.807, 2.05) is 25.1 Å². The molecule has 0 saturated carbocycles. The third-order valence-electron chi connectivity index (χ3n) is 4.11. The van der Waals surface area contributed by atoms with Gasteiger partial charge in [-0.25, -0.2) is 0 Å². The van der Waals surface area contributed by atoms with Crippen LogP contribution in [0, 0.1) is 0 Å². The van der Waals surface area contributed by atoms with E-state index in [2.05, 4.69) is 16.0 Å². The van der Waals surface area contributed by atoms with Crippen molar-refractivity contribution in [2.24, 2.45) is 0 Å². The van der Waals surface area contributed by atoms with Gasteiger partial charge in [-0.05, 0) is 67.7 Å². The molecule has 2 amide bonds. The molecule has 3 aromatic carbocycles. The minimum Gasteiger partial charge on any atom is -0.494 e. The van der Waals surface area contributed by atoms with Crippen LogP contribution >= 0.6 is 12.2 Å². The van der Waals surface area contributed by atoms with Gasteiger partial charge < -0.3 is 15.4 Å². The largest absolute Gasteiger partial charge is 0.494 e. The first-order valence-electron chi connectivity index (χ1n) is 9.37. The highest BCUT2D eigenvalue weighted by Crippen LogP contribution is 2.18. The van der Waals surface area contributed by atoms with Crippen molar-refractivity contribution < 1.29 is 14.3 Å². The molecule has 0 aliphatic heterocycles. The number of amides is 2. The molecular formula is C23H21N3O3S. The molecule has 0 unspecified atom stereocenters. The van der Waals surface area contributed by atoms with Gasteiger partial charge in [-0.3, -0.25) is 14.9 Å². The maximum Gasteiger partial charge on any atom is 0.257 e. The van der Waals surface area contributed by atoms with E-state index < -0.39 is 0 Å². The average molecular weight is 420 g/mol. The summed E-state index contributed by atoms with van der Waals surface area (Å²) in [5.74, 6) is 0.0415. The Morgan fingerprint density at radius 2 is 1.50 bits per heavy atom. The molecule has 0 heterocycles. The van der Waals surface area contributed by atoms with Crippen LogP contribution in [0.2, 0.25) is 0 Å². The lowest BCUT2D eigenvalue weighted by Crippen LogP contribution is -2.34. The number of hydrogen-bond acceptors (Lipinski definition) is 4. The van der Waals surface area contributed by atoms with Gasteiger partial charge in [0.15, 0.2) is 5.11 Å². The van der Waals surface area contributed by atoms with Crippen LogP contribution in [0.15, 0.2) is 78.9 Å². The first-order valence-corrected chi connectivity index (χ1v) is 9.78. The summed E-state index contributed by atoms with van der Waals surface area (Å²) in [6.07, 6.45) is 0. The molecule has 6 nitrogen and oxygen atoms in total. The van der Waals surface area contributed by atoms with Gasteiger partial charge in [-0.15, -0.1) is 0 Å². The van der Waals surface area contributed by atoms with Gasteiger partial charge in [-0.2, -0.15) is 0 Å². The number of para-hydroxylation sites is 2. The Hall–Kier alpha value is -3.71. The van der Waals surface area contributed by atoms with E-state index in [9.17, 15) is 9.59 Å². The zero-order valence-electron chi connectivity index (χ0n) is 16.3. The summed E-state index contributed by atoms with van der Waals surface area (Å²) in [4.78, 5) is 25.1. The van der Waals surface area contributed by atoms with Crippen molar-refractivity contribution in [3.05, 3.63) is 90.0 Å². The van der Waals surface area contributed by atoms with Gasteiger partial charge in [0.05, 0.1) is 17.9 Å². The van der Waals surface area contributed by atoms with E-state index in [0.717, 1.165) is 0 Å². The molecule has 0 saturated heterocycles. The van der Waals surface area contributed by atoms with Crippen LogP contribution in [0.5, 0.6) is 5.75 Å². The predicted molar refractivity (Wildman–Crippen MR) is 122 cm³/mol. The van der Waals surface area contributed by atoms with Crippen molar-refractivity contribution >= 4 is 40.5 Å². The lowest BCUT2D eigenvalue weighted by atomic mass is 10.1. The zero-order valence-corrected chi connectivity index (χ0v) is 17.2. The number of nitrogens with one attached hydrogen (secondary N) is 3. The van der Waals surface area contributed by atoms with Crippen molar-refractivity contribution in [1.29, 1.82) is 0 Å². The molecule has 0 aromatic heterocycles. The number of benzene rings is 3. The summed E-state index contributed by atoms with van der Waals surface area (Å²) in [5, 5.41) is 8.47. The maximum atomic E-state index is 12.7. The number of carbonyl (C=O) groups is 2. The Kier molecular flexibility index (Phi) is 7.13. The first kappa shape index (κ1) is 21.0. The molecule has 3 aromatic rings. The minimum absolute atomic E-state index is 0.0915. The second-order valence-electron chi connectivity index (χ2n) is 6.23. The van der Waals surface area contributed by atoms with E-state index in [4.69, 9.17) is 17.0 Å². The summed E-state index contributed by atoms with van der Waals surface area (Å²) in [6, 6.07) is 22.8. The van der Waals surface area contributed by atoms with Gasteiger partial charge in [0.1, 0.15) is 5.75 Å². The maximum absolute atomic E-state index is 12.7. The molecule has 30 heavy (non-hydrogen) atoms. The Morgan fingerprint density at radius 1 is 0.833 bits per heavy atom. The summed E-state index contributed by atoms with van der Waals surface area (Å²) in [5.41, 5.74) is 2.02. The van der Waals surface area contributed by atoms with Crippen LogP contribution in [-0.4, -0.2) is 23.5 Å². The number of hydrogen-bond donors (Lipinski definition) is 3. The fourth-order valence-corrected chi connectivity index (χ4v) is 2.91. The molecule has 0 aliphatic carbocycles. The van der Waals surface area contributed by atoms with Crippen LogP contribution in [0.25, 0.3) is 0 Å². The molecule has 0 spiro atoms. The fraction of sp³-hybridized carbons (Fsp3) is 0.0870. The Bertz CT molecular complexity index is 1040. The molecule has 0 radical (unpaired) electrons. The summed E-state index contributed by atoms with van der Waals surface area (Å²) in [7, 11) is 0. The van der Waals surface area contributed by atoms with Crippen molar-refractivity contribution in [2.45, 2.75) is 6.92 Å². The molecule has 0 aliphatic rings. The predicted octanol–water partition coefficient (Wildman–Crippen LogP) is 4.46. The van der Waals surface area contributed by atoms with Crippen LogP contribution in [0.4, 0.5) is 11.4 Å². The summed E-state index contributed by atoms with van der Waals surface area (Å²) in [6.45, 7) is 2.44. The highest BCUT2D eigenvalue weighted by molar-refractivity contribution is 7.80. The van der Waals surface area contributed by atoms with Crippen molar-refractivity contribution in [3.63, 3.8) is 0 Å². The molecule has 3 N–H and O–H groups in total. The van der Waals surface area contributed by atoms with Gasteiger partial charge in [0.2, 0.25) is 0 Å². The van der Waals surface area contributed by atoms with Crippen molar-refractivity contribution in [1.82, 2.24) is 5.32 Å². The zero-order chi connectivity index (χ0) is 21.3. The fourth-order valence-electron chi connectivity index (χ4n) is 2.71. The summed E-state index contributed by atoms with van der Waals surface area (Å²) >= 11 is 5.26. The number of thiocarbonyl (C=S) groups is 1. The minimum atomic E-state index is -0.359. The second kappa shape index (κ2) is 10.2. The number of carbonyl (C=O) groups excluding carboxylic acids is 2. The molecule has 152 valence electrons. The average Bonchev–Trinajstić information content (AvgIpc) is 2.75. The molecule has 7 heteroatoms. The highest BCUT2D eigenvalue weighted by atomic mass is 32.1. The van der Waals surface area contributed by atoms with Crippen LogP contribution < -0.4 is 20.7 Å². The second-order valence-corrected chi connectivity index (χ2v) is 6.64. The van der Waals surface area contributed by atoms with E-state index in [-0.39, 0.29) is 16.9 Å². The first-order chi connectivity index (χ1) is 14.6. The molecule has 0 atom stereocenters. The SMILES string of the molecule is CCOc1ccc(C(=O)NC(=S)Nc2ccccc2C(=O)Nc2ccccc2)cc1. The quantitative estimate of drug-likeness (QED) is 0.514. The molecule has 0 fully saturated rings. The third-order valence-corrected chi connectivity index (χ3v) is 4.31. The van der Waals surface area contributed by atoms with Gasteiger partial charge >= 0.3 is 0 Å². The number of anilines is 2. The summed E-state index contributed by atoms with van der Waals surface area (Å²) < 4.78 is 5.37. The molecule has 3 rings (SSSR count). The van der Waals surface area contributed by atoms with Gasteiger partial charge in [0.25, 0.3) is 11.8 Å². The van der Waals surface area contributed by atoms with Crippen LogP contribution in [0.1, 0.15) is 27.6 Å². The molecule has 0 bridgehead atoms. The van der Waals surface area contributed by atoms with Crippen LogP contribution in [-0.2, 0) is 0 Å². The van der Waals surface area contributed by atoms with E-state index in [1.54, 1.807) is 60.7 Å². The number of rotatable bonds is 6. The third kappa shape index (κ3) is 5.65.